The van der Waals surface area contributed by atoms with E-state index in [1.165, 1.54) is 0 Å². The van der Waals surface area contributed by atoms with Crippen LogP contribution in [0.5, 0.6) is 0 Å². The molecular weight excluding hydrogens is 198 g/mol. The molecule has 0 aliphatic rings. The van der Waals surface area contributed by atoms with E-state index in [0.717, 1.165) is 12.8 Å². The number of aliphatic carboxylic acids is 1. The van der Waals surface area contributed by atoms with Crippen LogP contribution >= 0.6 is 0 Å². The molecule has 1 atom stereocenters. The molecule has 5 nitrogen and oxygen atoms in total. The smallest absolute Gasteiger partial charge is 0.353 e. The Morgan fingerprint density at radius 2 is 1.67 bits per heavy atom. The second kappa shape index (κ2) is 7.23. The number of carboxylic acid groups (broad SMARTS) is 1. The molecule has 0 bridgehead atoms. The topological polar surface area (TPSA) is 86.6 Å². The Hall–Kier alpha value is -1.10. The van der Waals surface area contributed by atoms with Crippen LogP contribution < -0.4 is 5.32 Å². The molecule has 0 radical (unpaired) electrons. The lowest BCUT2D eigenvalue weighted by molar-refractivity contribution is -0.152. The van der Waals surface area contributed by atoms with Crippen LogP contribution in [0.2, 0.25) is 0 Å². The monoisotopic (exact) mass is 217 g/mol. The molecule has 0 fully saturated rings. The first-order valence-electron chi connectivity index (χ1n) is 5.24. The highest BCUT2D eigenvalue weighted by Crippen LogP contribution is 2.13. The predicted octanol–water partition coefficient (Wildman–Crippen LogP) is 0.722. The van der Waals surface area contributed by atoms with E-state index < -0.39 is 12.2 Å². The van der Waals surface area contributed by atoms with E-state index >= 15 is 0 Å². The van der Waals surface area contributed by atoms with Crippen molar-refractivity contribution in [2.24, 2.45) is 5.92 Å². The van der Waals surface area contributed by atoms with Crippen LogP contribution in [0.15, 0.2) is 0 Å². The summed E-state index contributed by atoms with van der Waals surface area (Å²) in [6.07, 6.45) is 1.36. The highest BCUT2D eigenvalue weighted by molar-refractivity contribution is 5.83. The summed E-state index contributed by atoms with van der Waals surface area (Å²) in [6, 6.07) is 0. The number of carboxylic acids is 1. The molecule has 0 saturated carbocycles. The molecule has 0 unspecified atom stereocenters. The summed E-state index contributed by atoms with van der Waals surface area (Å²) >= 11 is 0. The summed E-state index contributed by atoms with van der Waals surface area (Å²) in [4.78, 5) is 21.8. The number of hydrogen-bond donors (Lipinski definition) is 3. The van der Waals surface area contributed by atoms with E-state index in [1.54, 1.807) is 0 Å². The number of carbonyl (C=O) groups is 2. The molecule has 0 rings (SSSR count). The van der Waals surface area contributed by atoms with Gasteiger partial charge in [-0.25, -0.2) is 4.79 Å². The maximum atomic E-state index is 11.5. The fourth-order valence-corrected chi connectivity index (χ4v) is 1.42. The standard InChI is InChI=1S/C10H19NO4/c1-3-5-7(6-4-2)8(12)11-9(13)10(14)15/h7,9,13H,3-6H2,1-2H3,(H,11,12)(H,14,15)/t9-/m0/s1. The van der Waals surface area contributed by atoms with Gasteiger partial charge in [0.05, 0.1) is 0 Å². The molecule has 0 aliphatic carbocycles. The quantitative estimate of drug-likeness (QED) is 0.548. The third kappa shape index (κ3) is 5.37. The van der Waals surface area contributed by atoms with Crippen LogP contribution in [-0.2, 0) is 9.59 Å². The fourth-order valence-electron chi connectivity index (χ4n) is 1.42. The third-order valence-corrected chi connectivity index (χ3v) is 2.16. The molecule has 3 N–H and O–H groups in total. The summed E-state index contributed by atoms with van der Waals surface area (Å²) in [6.45, 7) is 3.92. The average Bonchev–Trinajstić information content (AvgIpc) is 2.17. The molecule has 0 aromatic rings. The minimum atomic E-state index is -1.80. The summed E-state index contributed by atoms with van der Waals surface area (Å²) < 4.78 is 0. The SMILES string of the molecule is CCCC(CCC)C(=O)N[C@@H](O)C(=O)O. The molecule has 5 heteroatoms. The summed E-state index contributed by atoms with van der Waals surface area (Å²) in [5.41, 5.74) is 0. The van der Waals surface area contributed by atoms with Crippen molar-refractivity contribution in [3.8, 4) is 0 Å². The highest BCUT2D eigenvalue weighted by atomic mass is 16.4. The zero-order valence-corrected chi connectivity index (χ0v) is 9.19. The maximum absolute atomic E-state index is 11.5. The van der Waals surface area contributed by atoms with Gasteiger partial charge in [-0.3, -0.25) is 4.79 Å². The van der Waals surface area contributed by atoms with E-state index in [2.05, 4.69) is 5.32 Å². The van der Waals surface area contributed by atoms with Crippen LogP contribution in [0.25, 0.3) is 0 Å². The number of aliphatic hydroxyl groups is 1. The van der Waals surface area contributed by atoms with Gasteiger partial charge in [-0.05, 0) is 12.8 Å². The van der Waals surface area contributed by atoms with Crippen LogP contribution in [0.4, 0.5) is 0 Å². The Morgan fingerprint density at radius 3 is 2.00 bits per heavy atom. The van der Waals surface area contributed by atoms with E-state index in [-0.39, 0.29) is 11.8 Å². The van der Waals surface area contributed by atoms with Gasteiger partial charge in [0.15, 0.2) is 0 Å². The molecule has 0 saturated heterocycles. The normalized spacial score (nSPS) is 12.5. The van der Waals surface area contributed by atoms with Crippen molar-refractivity contribution < 1.29 is 19.8 Å². The molecule has 0 heterocycles. The minimum Gasteiger partial charge on any atom is -0.478 e. The van der Waals surface area contributed by atoms with Crippen LogP contribution in [-0.4, -0.2) is 28.3 Å². The van der Waals surface area contributed by atoms with Gasteiger partial charge in [-0.2, -0.15) is 0 Å². The predicted molar refractivity (Wildman–Crippen MR) is 55.1 cm³/mol. The first-order valence-corrected chi connectivity index (χ1v) is 5.24. The highest BCUT2D eigenvalue weighted by Gasteiger charge is 2.22. The van der Waals surface area contributed by atoms with E-state index in [4.69, 9.17) is 10.2 Å². The Morgan fingerprint density at radius 1 is 1.20 bits per heavy atom. The second-order valence-corrected chi connectivity index (χ2v) is 3.52. The van der Waals surface area contributed by atoms with Crippen LogP contribution in [0.1, 0.15) is 39.5 Å². The second-order valence-electron chi connectivity index (χ2n) is 3.52. The number of aliphatic hydroxyl groups excluding tert-OH is 1. The van der Waals surface area contributed by atoms with Gasteiger partial charge in [-0.15, -0.1) is 0 Å². The number of rotatable bonds is 7. The van der Waals surface area contributed by atoms with E-state index in [9.17, 15) is 9.59 Å². The molecule has 1 amide bonds. The van der Waals surface area contributed by atoms with Gasteiger partial charge in [0, 0.05) is 5.92 Å². The molecule has 0 spiro atoms. The fraction of sp³-hybridized carbons (Fsp3) is 0.800. The zero-order valence-electron chi connectivity index (χ0n) is 9.19. The number of amides is 1. The molecule has 0 aliphatic heterocycles. The minimum absolute atomic E-state index is 0.200. The van der Waals surface area contributed by atoms with E-state index in [1.807, 2.05) is 13.8 Å². The van der Waals surface area contributed by atoms with Gasteiger partial charge >= 0.3 is 5.97 Å². The van der Waals surface area contributed by atoms with Gasteiger partial charge in [0.2, 0.25) is 12.1 Å². The first kappa shape index (κ1) is 13.9. The largest absolute Gasteiger partial charge is 0.478 e. The van der Waals surface area contributed by atoms with Gasteiger partial charge in [-0.1, -0.05) is 26.7 Å². The van der Waals surface area contributed by atoms with Crippen LogP contribution in [0, 0.1) is 5.92 Å². The molecule has 0 aromatic carbocycles. The average molecular weight is 217 g/mol. The molecule has 0 aromatic heterocycles. The van der Waals surface area contributed by atoms with Crippen molar-refractivity contribution in [3.63, 3.8) is 0 Å². The Kier molecular flexibility index (Phi) is 6.70. The Labute approximate surface area is 89.5 Å². The first-order chi connectivity index (χ1) is 7.02. The zero-order chi connectivity index (χ0) is 11.8. The molecule has 15 heavy (non-hydrogen) atoms. The van der Waals surface area contributed by atoms with E-state index in [0.29, 0.717) is 12.8 Å². The molecular formula is C10H19NO4. The van der Waals surface area contributed by atoms with Crippen LogP contribution in [0.3, 0.4) is 0 Å². The van der Waals surface area contributed by atoms with Crippen molar-refractivity contribution in [3.05, 3.63) is 0 Å². The van der Waals surface area contributed by atoms with Crippen molar-refractivity contribution in [2.75, 3.05) is 0 Å². The Bertz CT molecular complexity index is 211. The number of nitrogens with one attached hydrogen (secondary N) is 1. The van der Waals surface area contributed by atoms with Crippen molar-refractivity contribution >= 4 is 11.9 Å². The number of carbonyl (C=O) groups excluding carboxylic acids is 1. The summed E-state index contributed by atoms with van der Waals surface area (Å²) in [5, 5.41) is 19.4. The summed E-state index contributed by atoms with van der Waals surface area (Å²) in [5.74, 6) is -2.02. The third-order valence-electron chi connectivity index (χ3n) is 2.16. The van der Waals surface area contributed by atoms with Crippen molar-refractivity contribution in [2.45, 2.75) is 45.8 Å². The lowest BCUT2D eigenvalue weighted by Crippen LogP contribution is -2.43. The lowest BCUT2D eigenvalue weighted by Gasteiger charge is -2.16. The molecule has 88 valence electrons. The van der Waals surface area contributed by atoms with Crippen molar-refractivity contribution in [1.29, 1.82) is 0 Å². The maximum Gasteiger partial charge on any atom is 0.353 e. The number of hydrogen-bond acceptors (Lipinski definition) is 3. The summed E-state index contributed by atoms with van der Waals surface area (Å²) in [7, 11) is 0. The Balaban J connectivity index is 4.18. The lowest BCUT2D eigenvalue weighted by atomic mass is 9.97. The van der Waals surface area contributed by atoms with Gasteiger partial charge in [0.25, 0.3) is 0 Å². The van der Waals surface area contributed by atoms with Gasteiger partial charge < -0.3 is 15.5 Å². The van der Waals surface area contributed by atoms with Crippen molar-refractivity contribution in [1.82, 2.24) is 5.32 Å². The van der Waals surface area contributed by atoms with Gasteiger partial charge in [0.1, 0.15) is 0 Å².